The summed E-state index contributed by atoms with van der Waals surface area (Å²) in [4.78, 5) is 12.8. The molecular weight excluding hydrogens is 423 g/mol. The summed E-state index contributed by atoms with van der Waals surface area (Å²) in [5.74, 6) is 0.309. The van der Waals surface area contributed by atoms with Crippen LogP contribution < -0.4 is 5.73 Å². The molecule has 160 valence electrons. The first kappa shape index (κ1) is 20.1. The minimum atomic E-state index is -4.38. The van der Waals surface area contributed by atoms with Gasteiger partial charge in [0, 0.05) is 21.7 Å². The molecule has 4 nitrogen and oxygen atoms in total. The molecule has 3 aromatic rings. The maximum absolute atomic E-state index is 13.2. The van der Waals surface area contributed by atoms with Crippen molar-refractivity contribution in [2.75, 3.05) is 0 Å². The standard InChI is InChI=1S/C23H20F3N3OS/c24-23(25,26)17-9-4-8-16(12-17)20-13-18-19(31-20)10-5-11-22(18)28-21(27)29(30-22)14-15-6-2-1-3-7-15/h1-4,6-9,12-13H,5,10-11,14H2,(H2,27,28). The van der Waals surface area contributed by atoms with Gasteiger partial charge in [0.05, 0.1) is 12.1 Å². The van der Waals surface area contributed by atoms with Crippen molar-refractivity contribution in [2.45, 2.75) is 37.7 Å². The van der Waals surface area contributed by atoms with E-state index in [2.05, 4.69) is 4.99 Å². The van der Waals surface area contributed by atoms with E-state index in [0.29, 0.717) is 24.5 Å². The average Bonchev–Trinajstić information content (AvgIpc) is 3.32. The van der Waals surface area contributed by atoms with E-state index in [4.69, 9.17) is 10.6 Å². The van der Waals surface area contributed by atoms with Crippen molar-refractivity contribution in [3.05, 3.63) is 82.2 Å². The number of nitrogens with two attached hydrogens (primary N) is 1. The number of benzene rings is 2. The quantitative estimate of drug-likeness (QED) is 0.566. The predicted octanol–water partition coefficient (Wildman–Crippen LogP) is 5.69. The van der Waals surface area contributed by atoms with Gasteiger partial charge in [-0.1, -0.05) is 42.5 Å². The van der Waals surface area contributed by atoms with Gasteiger partial charge in [0.25, 0.3) is 0 Å². The van der Waals surface area contributed by atoms with E-state index in [1.165, 1.54) is 23.5 Å². The van der Waals surface area contributed by atoms with Crippen molar-refractivity contribution in [1.29, 1.82) is 0 Å². The fourth-order valence-electron chi connectivity index (χ4n) is 4.12. The molecule has 0 amide bonds. The van der Waals surface area contributed by atoms with Gasteiger partial charge in [0.2, 0.25) is 11.7 Å². The highest BCUT2D eigenvalue weighted by Crippen LogP contribution is 2.48. The number of aliphatic imine (C=N–C) groups is 1. The number of aryl methyl sites for hydroxylation is 1. The maximum Gasteiger partial charge on any atom is 0.416 e. The van der Waals surface area contributed by atoms with Crippen LogP contribution in [0.4, 0.5) is 13.2 Å². The number of rotatable bonds is 3. The summed E-state index contributed by atoms with van der Waals surface area (Å²) in [6.07, 6.45) is -1.99. The third-order valence-corrected chi connectivity index (χ3v) is 6.85. The highest BCUT2D eigenvalue weighted by Gasteiger charge is 2.46. The van der Waals surface area contributed by atoms with Gasteiger partial charge in [-0.05, 0) is 42.2 Å². The number of hydrogen-bond donors (Lipinski definition) is 1. The van der Waals surface area contributed by atoms with Gasteiger partial charge in [0.15, 0.2) is 0 Å². The molecule has 1 aliphatic heterocycles. The molecule has 0 radical (unpaired) electrons. The summed E-state index contributed by atoms with van der Waals surface area (Å²) in [5, 5.41) is 1.60. The van der Waals surface area contributed by atoms with E-state index in [1.807, 2.05) is 36.4 Å². The van der Waals surface area contributed by atoms with E-state index in [-0.39, 0.29) is 0 Å². The minimum absolute atomic E-state index is 0.309. The van der Waals surface area contributed by atoms with Gasteiger partial charge < -0.3 is 5.73 Å². The molecular formula is C23H20F3N3OS. The fraction of sp³-hybridized carbons (Fsp3) is 0.261. The number of halogens is 3. The number of alkyl halides is 3. The Balaban J connectivity index is 1.47. The van der Waals surface area contributed by atoms with Crippen LogP contribution in [0.3, 0.4) is 0 Å². The predicted molar refractivity (Wildman–Crippen MR) is 114 cm³/mol. The van der Waals surface area contributed by atoms with Crippen molar-refractivity contribution in [3.63, 3.8) is 0 Å². The molecule has 8 heteroatoms. The van der Waals surface area contributed by atoms with Crippen LogP contribution in [0.2, 0.25) is 0 Å². The van der Waals surface area contributed by atoms with Crippen LogP contribution in [0.25, 0.3) is 10.4 Å². The van der Waals surface area contributed by atoms with Crippen LogP contribution in [0.5, 0.6) is 0 Å². The van der Waals surface area contributed by atoms with Crippen molar-refractivity contribution in [2.24, 2.45) is 10.7 Å². The lowest BCUT2D eigenvalue weighted by atomic mass is 9.90. The monoisotopic (exact) mass is 443 g/mol. The second kappa shape index (κ2) is 7.39. The molecule has 2 N–H and O–H groups in total. The number of nitrogens with zero attached hydrogens (tertiary/aromatic N) is 2. The zero-order chi connectivity index (χ0) is 21.6. The van der Waals surface area contributed by atoms with Crippen molar-refractivity contribution in [3.8, 4) is 10.4 Å². The van der Waals surface area contributed by atoms with Gasteiger partial charge in [-0.3, -0.25) is 0 Å². The molecule has 1 aromatic heterocycles. The Morgan fingerprint density at radius 1 is 1.10 bits per heavy atom. The number of hydrogen-bond acceptors (Lipinski definition) is 5. The van der Waals surface area contributed by atoms with E-state index in [0.717, 1.165) is 39.8 Å². The summed E-state index contributed by atoms with van der Waals surface area (Å²) in [6.45, 7) is 0.470. The molecule has 1 atom stereocenters. The topological polar surface area (TPSA) is 50.9 Å². The summed E-state index contributed by atoms with van der Waals surface area (Å²) in [7, 11) is 0. The lowest BCUT2D eigenvalue weighted by Gasteiger charge is -2.31. The number of fused-ring (bicyclic) bond motifs is 2. The second-order valence-electron chi connectivity index (χ2n) is 7.75. The molecule has 5 rings (SSSR count). The van der Waals surface area contributed by atoms with Gasteiger partial charge in [-0.2, -0.15) is 13.2 Å². The van der Waals surface area contributed by atoms with Gasteiger partial charge in [0.1, 0.15) is 0 Å². The van der Waals surface area contributed by atoms with E-state index < -0.39 is 17.5 Å². The maximum atomic E-state index is 13.2. The van der Waals surface area contributed by atoms with Crippen LogP contribution in [0.1, 0.15) is 34.4 Å². The molecule has 1 spiro atoms. The zero-order valence-corrected chi connectivity index (χ0v) is 17.3. The first-order valence-corrected chi connectivity index (χ1v) is 10.8. The van der Waals surface area contributed by atoms with Gasteiger partial charge in [-0.25, -0.2) is 14.9 Å². The van der Waals surface area contributed by atoms with E-state index in [1.54, 1.807) is 11.1 Å². The lowest BCUT2D eigenvalue weighted by molar-refractivity contribution is -0.196. The van der Waals surface area contributed by atoms with Crippen molar-refractivity contribution >= 4 is 17.3 Å². The van der Waals surface area contributed by atoms with Crippen LogP contribution in [-0.2, 0) is 29.7 Å². The highest BCUT2D eigenvalue weighted by molar-refractivity contribution is 7.15. The molecule has 2 heterocycles. The molecule has 0 fully saturated rings. The zero-order valence-electron chi connectivity index (χ0n) is 16.5. The Kier molecular flexibility index (Phi) is 4.79. The number of hydroxylamine groups is 2. The summed E-state index contributed by atoms with van der Waals surface area (Å²) >= 11 is 1.50. The summed E-state index contributed by atoms with van der Waals surface area (Å²) in [5.41, 5.74) is 7.12. The van der Waals surface area contributed by atoms with Gasteiger partial charge >= 0.3 is 6.18 Å². The Labute approximate surface area is 181 Å². The molecule has 0 bridgehead atoms. The smallest absolute Gasteiger partial charge is 0.368 e. The Morgan fingerprint density at radius 3 is 2.68 bits per heavy atom. The van der Waals surface area contributed by atoms with Gasteiger partial charge in [-0.15, -0.1) is 11.3 Å². The Bertz CT molecular complexity index is 1140. The molecule has 2 aromatic carbocycles. The fourth-order valence-corrected chi connectivity index (χ4v) is 5.38. The van der Waals surface area contributed by atoms with E-state index >= 15 is 0 Å². The second-order valence-corrected chi connectivity index (χ2v) is 8.88. The molecule has 0 saturated carbocycles. The summed E-state index contributed by atoms with van der Waals surface area (Å²) < 4.78 is 39.5. The number of guanidine groups is 1. The molecule has 0 saturated heterocycles. The highest BCUT2D eigenvalue weighted by atomic mass is 32.1. The van der Waals surface area contributed by atoms with Crippen LogP contribution in [0.15, 0.2) is 65.7 Å². The third-order valence-electron chi connectivity index (χ3n) is 5.60. The van der Waals surface area contributed by atoms with Crippen LogP contribution >= 0.6 is 11.3 Å². The van der Waals surface area contributed by atoms with Crippen molar-refractivity contribution < 1.29 is 18.0 Å². The third kappa shape index (κ3) is 3.70. The SMILES string of the molecule is NC1=NC2(CCCc3sc(-c4cccc(C(F)(F)F)c4)cc32)ON1Cc1ccccc1. The first-order valence-electron chi connectivity index (χ1n) is 10.0. The Morgan fingerprint density at radius 2 is 1.90 bits per heavy atom. The Hall–Kier alpha value is -2.84. The molecule has 2 aliphatic rings. The average molecular weight is 443 g/mol. The lowest BCUT2D eigenvalue weighted by Crippen LogP contribution is -2.35. The molecule has 1 unspecified atom stereocenters. The first-order chi connectivity index (χ1) is 14.8. The minimum Gasteiger partial charge on any atom is -0.368 e. The normalized spacial score (nSPS) is 20.7. The summed E-state index contributed by atoms with van der Waals surface area (Å²) in [6, 6.07) is 17.2. The largest absolute Gasteiger partial charge is 0.416 e. The molecule has 1 aliphatic carbocycles. The molecule has 31 heavy (non-hydrogen) atoms. The van der Waals surface area contributed by atoms with Crippen LogP contribution in [-0.4, -0.2) is 11.0 Å². The van der Waals surface area contributed by atoms with Crippen molar-refractivity contribution in [1.82, 2.24) is 5.06 Å². The van der Waals surface area contributed by atoms with E-state index in [9.17, 15) is 13.2 Å². The number of thiophene rings is 1. The van der Waals surface area contributed by atoms with Crippen LogP contribution in [0, 0.1) is 0 Å².